The molecule has 35 heavy (non-hydrogen) atoms. The van der Waals surface area contributed by atoms with Crippen LogP contribution >= 0.6 is 0 Å². The van der Waals surface area contributed by atoms with Gasteiger partial charge in [0.2, 0.25) is 5.91 Å². The summed E-state index contributed by atoms with van der Waals surface area (Å²) in [5.74, 6) is 1.07. The highest BCUT2D eigenvalue weighted by Gasteiger charge is 2.61. The van der Waals surface area contributed by atoms with E-state index in [0.29, 0.717) is 23.2 Å². The van der Waals surface area contributed by atoms with Gasteiger partial charge < -0.3 is 5.32 Å². The molecule has 4 aliphatic rings. The van der Waals surface area contributed by atoms with Gasteiger partial charge in [0, 0.05) is 5.69 Å². The molecule has 2 aromatic carbocycles. The fourth-order valence-electron chi connectivity index (χ4n) is 7.07. The molecule has 0 aliphatic heterocycles. The summed E-state index contributed by atoms with van der Waals surface area (Å²) in [5, 5.41) is 7.56. The minimum absolute atomic E-state index is 0.0322. The monoisotopic (exact) mass is 491 g/mol. The summed E-state index contributed by atoms with van der Waals surface area (Å²) < 4.78 is 30.3. The van der Waals surface area contributed by atoms with Crippen molar-refractivity contribution in [1.82, 2.24) is 14.8 Å². The third-order valence-corrected chi connectivity index (χ3v) is 9.61. The first-order valence-corrected chi connectivity index (χ1v) is 13.6. The standard InChI is InChI=1S/C26H29N5O3S/c1-18-4-2-3-5-23(18)30-35(33,34)22-8-6-21(7-9-22)29-24(32)25-11-19-10-20(12-25)14-26(13-19,15-25)31-17-27-16-28-31/h2-9,16-17,19-20,30H,10-15H2,1H3,(H,29,32)/t19-,20+,25?,26?. The number of nitrogens with zero attached hydrogens (tertiary/aromatic N) is 3. The predicted octanol–water partition coefficient (Wildman–Crippen LogP) is 4.32. The molecule has 4 saturated carbocycles. The van der Waals surface area contributed by atoms with Gasteiger partial charge >= 0.3 is 0 Å². The molecule has 1 amide bonds. The Morgan fingerprint density at radius 1 is 1.03 bits per heavy atom. The Kier molecular flexibility index (Phi) is 5.03. The highest BCUT2D eigenvalue weighted by molar-refractivity contribution is 7.92. The lowest BCUT2D eigenvalue weighted by Crippen LogP contribution is -2.60. The van der Waals surface area contributed by atoms with E-state index in [1.54, 1.807) is 36.9 Å². The number of anilines is 2. The van der Waals surface area contributed by atoms with E-state index in [-0.39, 0.29) is 16.3 Å². The second-order valence-corrected chi connectivity index (χ2v) is 12.4. The second-order valence-electron chi connectivity index (χ2n) is 10.7. The molecule has 0 spiro atoms. The summed E-state index contributed by atoms with van der Waals surface area (Å²) in [7, 11) is -3.73. The molecule has 1 heterocycles. The lowest BCUT2D eigenvalue weighted by atomic mass is 9.46. The van der Waals surface area contributed by atoms with Crippen LogP contribution in [0.1, 0.15) is 44.1 Å². The molecule has 4 atom stereocenters. The fourth-order valence-corrected chi connectivity index (χ4v) is 8.20. The molecule has 4 aliphatic carbocycles. The molecule has 182 valence electrons. The highest BCUT2D eigenvalue weighted by atomic mass is 32.2. The van der Waals surface area contributed by atoms with Crippen LogP contribution in [-0.2, 0) is 20.4 Å². The van der Waals surface area contributed by atoms with Gasteiger partial charge in [-0.15, -0.1) is 0 Å². The summed E-state index contributed by atoms with van der Waals surface area (Å²) in [6.45, 7) is 1.86. The number of carbonyl (C=O) groups excluding carboxylic acids is 1. The van der Waals surface area contributed by atoms with Gasteiger partial charge in [-0.05, 0) is 93.2 Å². The van der Waals surface area contributed by atoms with E-state index < -0.39 is 15.4 Å². The summed E-state index contributed by atoms with van der Waals surface area (Å²) in [6, 6.07) is 13.6. The van der Waals surface area contributed by atoms with Crippen LogP contribution in [0.2, 0.25) is 0 Å². The smallest absolute Gasteiger partial charge is 0.261 e. The zero-order valence-electron chi connectivity index (χ0n) is 19.6. The molecular formula is C26H29N5O3S. The van der Waals surface area contributed by atoms with Gasteiger partial charge in [-0.3, -0.25) is 9.52 Å². The number of carbonyl (C=O) groups is 1. The van der Waals surface area contributed by atoms with Crippen LogP contribution in [0.15, 0.2) is 66.1 Å². The lowest BCUT2D eigenvalue weighted by Gasteiger charge is -2.60. The topological polar surface area (TPSA) is 106 Å². The van der Waals surface area contributed by atoms with Crippen molar-refractivity contribution in [3.05, 3.63) is 66.7 Å². The van der Waals surface area contributed by atoms with Gasteiger partial charge in [0.1, 0.15) is 12.7 Å². The molecule has 7 rings (SSSR count). The van der Waals surface area contributed by atoms with Crippen molar-refractivity contribution in [1.29, 1.82) is 0 Å². The quantitative estimate of drug-likeness (QED) is 0.534. The Labute approximate surface area is 205 Å². The first-order valence-electron chi connectivity index (χ1n) is 12.1. The first kappa shape index (κ1) is 22.3. The molecule has 8 nitrogen and oxygen atoms in total. The van der Waals surface area contributed by atoms with E-state index in [1.807, 2.05) is 23.7 Å². The maximum absolute atomic E-state index is 13.7. The number of para-hydroxylation sites is 1. The Hall–Kier alpha value is -3.20. The SMILES string of the molecule is Cc1ccccc1NS(=O)(=O)c1ccc(NC(=O)C23C[C@H]4C[C@@H](C2)CC(n2cncn2)(C4)C3)cc1. The Bertz CT molecular complexity index is 1350. The van der Waals surface area contributed by atoms with Crippen molar-refractivity contribution >= 4 is 27.3 Å². The number of nitrogens with one attached hydrogen (secondary N) is 2. The average molecular weight is 492 g/mol. The van der Waals surface area contributed by atoms with Crippen molar-refractivity contribution in [3.8, 4) is 0 Å². The third kappa shape index (κ3) is 3.82. The summed E-state index contributed by atoms with van der Waals surface area (Å²) in [4.78, 5) is 18.0. The molecule has 4 fully saturated rings. The number of amides is 1. The first-order chi connectivity index (χ1) is 16.8. The molecule has 2 unspecified atom stereocenters. The molecule has 1 aromatic heterocycles. The van der Waals surface area contributed by atoms with Crippen molar-refractivity contribution in [2.75, 3.05) is 10.0 Å². The van der Waals surface area contributed by atoms with Crippen LogP contribution in [0.3, 0.4) is 0 Å². The average Bonchev–Trinajstić information content (AvgIpc) is 3.36. The molecule has 0 radical (unpaired) electrons. The van der Waals surface area contributed by atoms with E-state index in [1.165, 1.54) is 18.6 Å². The van der Waals surface area contributed by atoms with E-state index in [0.717, 1.165) is 37.7 Å². The van der Waals surface area contributed by atoms with E-state index in [4.69, 9.17) is 0 Å². The number of benzene rings is 2. The van der Waals surface area contributed by atoms with Crippen molar-refractivity contribution < 1.29 is 13.2 Å². The molecule has 9 heteroatoms. The Morgan fingerprint density at radius 3 is 2.40 bits per heavy atom. The number of rotatable bonds is 6. The molecular weight excluding hydrogens is 462 g/mol. The van der Waals surface area contributed by atoms with Gasteiger partial charge in [-0.1, -0.05) is 18.2 Å². The van der Waals surface area contributed by atoms with Crippen molar-refractivity contribution in [2.45, 2.75) is 55.9 Å². The van der Waals surface area contributed by atoms with E-state index in [2.05, 4.69) is 20.1 Å². The van der Waals surface area contributed by atoms with E-state index >= 15 is 0 Å². The predicted molar refractivity (Wildman–Crippen MR) is 132 cm³/mol. The van der Waals surface area contributed by atoms with Gasteiger partial charge in [-0.2, -0.15) is 5.10 Å². The summed E-state index contributed by atoms with van der Waals surface area (Å²) >= 11 is 0. The number of hydrogen-bond donors (Lipinski definition) is 2. The van der Waals surface area contributed by atoms with Gasteiger partial charge in [0.25, 0.3) is 10.0 Å². The van der Waals surface area contributed by atoms with E-state index in [9.17, 15) is 13.2 Å². The number of aromatic nitrogens is 3. The summed E-state index contributed by atoms with van der Waals surface area (Å²) in [5.41, 5.74) is 1.45. The van der Waals surface area contributed by atoms with Crippen LogP contribution in [-0.4, -0.2) is 29.1 Å². The Balaban J connectivity index is 1.20. The number of aryl methyl sites for hydroxylation is 1. The zero-order chi connectivity index (χ0) is 24.3. The maximum Gasteiger partial charge on any atom is 0.261 e. The minimum Gasteiger partial charge on any atom is -0.326 e. The van der Waals surface area contributed by atoms with Gasteiger partial charge in [0.05, 0.1) is 21.5 Å². The number of sulfonamides is 1. The highest BCUT2D eigenvalue weighted by Crippen LogP contribution is 2.64. The van der Waals surface area contributed by atoms with Gasteiger partial charge in [-0.25, -0.2) is 18.1 Å². The van der Waals surface area contributed by atoms with Gasteiger partial charge in [0.15, 0.2) is 0 Å². The van der Waals surface area contributed by atoms with Crippen LogP contribution < -0.4 is 10.0 Å². The zero-order valence-corrected chi connectivity index (χ0v) is 20.5. The molecule has 2 N–H and O–H groups in total. The van der Waals surface area contributed by atoms with Crippen LogP contribution in [0.25, 0.3) is 0 Å². The minimum atomic E-state index is -3.73. The third-order valence-electron chi connectivity index (χ3n) is 8.23. The van der Waals surface area contributed by atoms with Crippen LogP contribution in [0.5, 0.6) is 0 Å². The summed E-state index contributed by atoms with van der Waals surface area (Å²) in [6.07, 6.45) is 9.25. The van der Waals surface area contributed by atoms with Crippen LogP contribution in [0.4, 0.5) is 11.4 Å². The number of hydrogen-bond acceptors (Lipinski definition) is 5. The molecule has 4 bridgehead atoms. The molecule has 3 aromatic rings. The van der Waals surface area contributed by atoms with Crippen molar-refractivity contribution in [3.63, 3.8) is 0 Å². The fraction of sp³-hybridized carbons (Fsp3) is 0.423. The largest absolute Gasteiger partial charge is 0.326 e. The molecule has 0 saturated heterocycles. The maximum atomic E-state index is 13.7. The Morgan fingerprint density at radius 2 is 1.74 bits per heavy atom. The second kappa shape index (κ2) is 7.91. The lowest BCUT2D eigenvalue weighted by molar-refractivity contribution is -0.150. The normalized spacial score (nSPS) is 29.2. The van der Waals surface area contributed by atoms with Crippen molar-refractivity contribution in [2.24, 2.45) is 17.3 Å². The van der Waals surface area contributed by atoms with Crippen LogP contribution in [0, 0.1) is 24.2 Å².